The summed E-state index contributed by atoms with van der Waals surface area (Å²) in [6.45, 7) is 5.60. The third kappa shape index (κ3) is 3.70. The highest BCUT2D eigenvalue weighted by Gasteiger charge is 2.14. The Morgan fingerprint density at radius 1 is 1.15 bits per heavy atom. The van der Waals surface area contributed by atoms with Gasteiger partial charge in [0.25, 0.3) is 5.91 Å². The van der Waals surface area contributed by atoms with Gasteiger partial charge in [-0.1, -0.05) is 11.6 Å². The molecule has 0 fully saturated rings. The van der Waals surface area contributed by atoms with Crippen LogP contribution in [0, 0.1) is 13.8 Å². The minimum atomic E-state index is -0.363. The van der Waals surface area contributed by atoms with E-state index in [9.17, 15) is 9.59 Å². The Morgan fingerprint density at radius 2 is 1.85 bits per heavy atom. The van der Waals surface area contributed by atoms with Crippen LogP contribution in [0.15, 0.2) is 40.8 Å². The molecular formula is C19H18ClN3O3. The first-order chi connectivity index (χ1) is 12.3. The van der Waals surface area contributed by atoms with E-state index >= 15 is 0 Å². The summed E-state index contributed by atoms with van der Waals surface area (Å²) >= 11 is 6.14. The van der Waals surface area contributed by atoms with Gasteiger partial charge in [-0.3, -0.25) is 14.3 Å². The van der Waals surface area contributed by atoms with Crippen LogP contribution in [0.5, 0.6) is 0 Å². The molecule has 0 atom stereocenters. The molecule has 1 N–H and O–H groups in total. The minimum Gasteiger partial charge on any atom is -0.454 e. The molecule has 3 aromatic rings. The molecule has 2 aromatic heterocycles. The Balaban J connectivity index is 1.69. The second-order valence-electron chi connectivity index (χ2n) is 6.00. The van der Waals surface area contributed by atoms with Crippen LogP contribution in [-0.4, -0.2) is 21.5 Å². The molecule has 0 radical (unpaired) electrons. The Bertz CT molecular complexity index is 971. The molecule has 0 spiro atoms. The first kappa shape index (κ1) is 17.9. The number of hydrogen-bond donors (Lipinski definition) is 1. The van der Waals surface area contributed by atoms with Crippen molar-refractivity contribution < 1.29 is 14.0 Å². The van der Waals surface area contributed by atoms with Crippen molar-refractivity contribution in [3.63, 3.8) is 0 Å². The van der Waals surface area contributed by atoms with Gasteiger partial charge in [-0.25, -0.2) is 0 Å². The molecule has 0 saturated carbocycles. The van der Waals surface area contributed by atoms with Gasteiger partial charge < -0.3 is 9.73 Å². The van der Waals surface area contributed by atoms with Crippen LogP contribution in [0.3, 0.4) is 0 Å². The SMILES string of the molecule is CC(=O)c1ccc(NC(=O)c2ccc(Cn3nc(C)c(Cl)c3C)o2)cc1. The number of furan rings is 1. The van der Waals surface area contributed by atoms with E-state index in [1.165, 1.54) is 6.92 Å². The molecule has 0 saturated heterocycles. The topological polar surface area (TPSA) is 77.1 Å². The number of aryl methyl sites for hydroxylation is 1. The summed E-state index contributed by atoms with van der Waals surface area (Å²) in [6, 6.07) is 10.0. The standard InChI is InChI=1S/C19H18ClN3O3/c1-11-18(20)12(2)23(22-11)10-16-8-9-17(26-16)19(25)21-15-6-4-14(5-7-15)13(3)24/h4-9H,10H2,1-3H3,(H,21,25). The van der Waals surface area contributed by atoms with Crippen LogP contribution in [0.1, 0.15) is 45.0 Å². The molecule has 0 aliphatic heterocycles. The van der Waals surface area contributed by atoms with E-state index in [1.54, 1.807) is 41.1 Å². The van der Waals surface area contributed by atoms with Crippen LogP contribution in [0.4, 0.5) is 5.69 Å². The smallest absolute Gasteiger partial charge is 0.291 e. The normalized spacial score (nSPS) is 10.8. The maximum absolute atomic E-state index is 12.3. The fraction of sp³-hybridized carbons (Fsp3) is 0.211. The van der Waals surface area contributed by atoms with E-state index in [0.717, 1.165) is 11.4 Å². The highest BCUT2D eigenvalue weighted by atomic mass is 35.5. The van der Waals surface area contributed by atoms with Crippen molar-refractivity contribution in [2.75, 3.05) is 5.32 Å². The number of rotatable bonds is 5. The summed E-state index contributed by atoms with van der Waals surface area (Å²) in [4.78, 5) is 23.6. The van der Waals surface area contributed by atoms with Gasteiger partial charge in [0, 0.05) is 11.3 Å². The minimum absolute atomic E-state index is 0.0252. The van der Waals surface area contributed by atoms with Gasteiger partial charge in [0.2, 0.25) is 0 Å². The molecule has 7 heteroatoms. The number of nitrogens with zero attached hydrogens (tertiary/aromatic N) is 2. The first-order valence-electron chi connectivity index (χ1n) is 8.05. The van der Waals surface area contributed by atoms with Crippen molar-refractivity contribution in [3.8, 4) is 0 Å². The largest absolute Gasteiger partial charge is 0.454 e. The maximum atomic E-state index is 12.3. The van der Waals surface area contributed by atoms with Gasteiger partial charge in [-0.15, -0.1) is 0 Å². The fourth-order valence-corrected chi connectivity index (χ4v) is 2.68. The number of benzene rings is 1. The lowest BCUT2D eigenvalue weighted by Crippen LogP contribution is -2.11. The molecule has 0 aliphatic rings. The first-order valence-corrected chi connectivity index (χ1v) is 8.43. The Hall–Kier alpha value is -2.86. The number of Topliss-reactive ketones (excluding diaryl/α,β-unsaturated/α-hetero) is 1. The molecule has 2 heterocycles. The lowest BCUT2D eigenvalue weighted by Gasteiger charge is -2.04. The van der Waals surface area contributed by atoms with Gasteiger partial charge >= 0.3 is 0 Å². The molecule has 0 aliphatic carbocycles. The van der Waals surface area contributed by atoms with Gasteiger partial charge in [0.1, 0.15) is 5.76 Å². The Labute approximate surface area is 155 Å². The van der Waals surface area contributed by atoms with E-state index < -0.39 is 0 Å². The number of hydrogen-bond acceptors (Lipinski definition) is 4. The lowest BCUT2D eigenvalue weighted by atomic mass is 10.1. The maximum Gasteiger partial charge on any atom is 0.291 e. The second-order valence-corrected chi connectivity index (χ2v) is 6.37. The monoisotopic (exact) mass is 371 g/mol. The van der Waals surface area contributed by atoms with Crippen molar-refractivity contribution in [2.24, 2.45) is 0 Å². The summed E-state index contributed by atoms with van der Waals surface area (Å²) in [5, 5.41) is 7.71. The number of ketones is 1. The summed E-state index contributed by atoms with van der Waals surface area (Å²) in [6.07, 6.45) is 0. The number of carbonyl (C=O) groups is 2. The Morgan fingerprint density at radius 3 is 2.42 bits per heavy atom. The molecule has 26 heavy (non-hydrogen) atoms. The molecule has 134 valence electrons. The number of nitrogens with one attached hydrogen (secondary N) is 1. The summed E-state index contributed by atoms with van der Waals surface area (Å²) in [5.41, 5.74) is 2.77. The zero-order valence-corrected chi connectivity index (χ0v) is 15.4. The van der Waals surface area contributed by atoms with Gasteiger partial charge in [0.15, 0.2) is 11.5 Å². The molecule has 6 nitrogen and oxygen atoms in total. The fourth-order valence-electron chi connectivity index (χ4n) is 2.54. The molecule has 1 amide bonds. The number of aromatic nitrogens is 2. The molecule has 0 bridgehead atoms. The van der Waals surface area contributed by atoms with E-state index in [1.807, 2.05) is 13.8 Å². The van der Waals surface area contributed by atoms with E-state index in [0.29, 0.717) is 28.6 Å². The summed E-state index contributed by atoms with van der Waals surface area (Å²) < 4.78 is 7.35. The van der Waals surface area contributed by atoms with E-state index in [-0.39, 0.29) is 17.5 Å². The number of halogens is 1. The van der Waals surface area contributed by atoms with Crippen LogP contribution in [0.25, 0.3) is 0 Å². The van der Waals surface area contributed by atoms with Crippen molar-refractivity contribution >= 4 is 29.0 Å². The number of amides is 1. The predicted octanol–water partition coefficient (Wildman–Crippen LogP) is 4.25. The quantitative estimate of drug-likeness (QED) is 0.680. The van der Waals surface area contributed by atoms with Gasteiger partial charge in [-0.05, 0) is 57.2 Å². The van der Waals surface area contributed by atoms with Crippen molar-refractivity contribution in [1.29, 1.82) is 0 Å². The lowest BCUT2D eigenvalue weighted by molar-refractivity contribution is 0.0992. The van der Waals surface area contributed by atoms with Crippen molar-refractivity contribution in [2.45, 2.75) is 27.3 Å². The zero-order valence-electron chi connectivity index (χ0n) is 14.7. The number of carbonyl (C=O) groups excluding carboxylic acids is 2. The third-order valence-corrected chi connectivity index (χ3v) is 4.58. The van der Waals surface area contributed by atoms with Crippen molar-refractivity contribution in [1.82, 2.24) is 9.78 Å². The Kier molecular flexibility index (Phi) is 4.95. The van der Waals surface area contributed by atoms with Gasteiger partial charge in [-0.2, -0.15) is 5.10 Å². The van der Waals surface area contributed by atoms with Crippen molar-refractivity contribution in [3.05, 3.63) is 69.9 Å². The van der Waals surface area contributed by atoms with Crippen LogP contribution >= 0.6 is 11.6 Å². The van der Waals surface area contributed by atoms with Gasteiger partial charge in [0.05, 0.1) is 23.0 Å². The van der Waals surface area contributed by atoms with Crippen LogP contribution in [0.2, 0.25) is 5.02 Å². The van der Waals surface area contributed by atoms with E-state index in [2.05, 4.69) is 10.4 Å². The van der Waals surface area contributed by atoms with Crippen LogP contribution in [-0.2, 0) is 6.54 Å². The average molecular weight is 372 g/mol. The highest BCUT2D eigenvalue weighted by molar-refractivity contribution is 6.31. The summed E-state index contributed by atoms with van der Waals surface area (Å²) in [7, 11) is 0. The van der Waals surface area contributed by atoms with E-state index in [4.69, 9.17) is 16.0 Å². The molecular weight excluding hydrogens is 354 g/mol. The molecule has 3 rings (SSSR count). The summed E-state index contributed by atoms with van der Waals surface area (Å²) in [5.74, 6) is 0.411. The average Bonchev–Trinajstić information content (AvgIpc) is 3.17. The third-order valence-electron chi connectivity index (χ3n) is 4.03. The number of anilines is 1. The van der Waals surface area contributed by atoms with Crippen LogP contribution < -0.4 is 5.32 Å². The second kappa shape index (κ2) is 7.17. The molecule has 1 aromatic carbocycles. The molecule has 0 unspecified atom stereocenters. The predicted molar refractivity (Wildman–Crippen MR) is 98.9 cm³/mol. The highest BCUT2D eigenvalue weighted by Crippen LogP contribution is 2.21. The zero-order chi connectivity index (χ0) is 18.8.